The lowest BCUT2D eigenvalue weighted by Gasteiger charge is -2.33. The van der Waals surface area contributed by atoms with E-state index < -0.39 is 10.0 Å². The summed E-state index contributed by atoms with van der Waals surface area (Å²) >= 11 is 1.66. The van der Waals surface area contributed by atoms with Gasteiger partial charge in [0.05, 0.1) is 10.6 Å². The van der Waals surface area contributed by atoms with Gasteiger partial charge in [-0.15, -0.1) is 11.3 Å². The third-order valence-electron chi connectivity index (χ3n) is 5.30. The molecule has 1 aromatic heterocycles. The van der Waals surface area contributed by atoms with Crippen LogP contribution in [0.5, 0.6) is 0 Å². The fourth-order valence-corrected chi connectivity index (χ4v) is 5.86. The Labute approximate surface area is 176 Å². The van der Waals surface area contributed by atoms with Crippen molar-refractivity contribution >= 4 is 21.4 Å². The Hall–Kier alpha value is -2.06. The molecule has 3 aromatic rings. The molecule has 0 bridgehead atoms. The Kier molecular flexibility index (Phi) is 5.83. The maximum absolute atomic E-state index is 12.9. The average Bonchev–Trinajstić information content (AvgIpc) is 3.17. The summed E-state index contributed by atoms with van der Waals surface area (Å²) in [5, 5.41) is 3.15. The van der Waals surface area contributed by atoms with Crippen molar-refractivity contribution < 1.29 is 8.42 Å². The van der Waals surface area contributed by atoms with Crippen LogP contribution < -0.4 is 0 Å². The molecule has 29 heavy (non-hydrogen) atoms. The number of hydrogen-bond donors (Lipinski definition) is 0. The van der Waals surface area contributed by atoms with Crippen molar-refractivity contribution in [3.8, 4) is 10.6 Å². The van der Waals surface area contributed by atoms with Crippen molar-refractivity contribution in [1.29, 1.82) is 0 Å². The number of nitrogens with zero attached hydrogens (tertiary/aromatic N) is 3. The Morgan fingerprint density at radius 2 is 1.66 bits per heavy atom. The van der Waals surface area contributed by atoms with E-state index in [1.54, 1.807) is 27.8 Å². The zero-order valence-corrected chi connectivity index (χ0v) is 18.3. The first-order valence-electron chi connectivity index (χ1n) is 9.73. The van der Waals surface area contributed by atoms with Gasteiger partial charge in [-0.1, -0.05) is 42.0 Å². The Morgan fingerprint density at radius 3 is 2.34 bits per heavy atom. The molecule has 0 amide bonds. The van der Waals surface area contributed by atoms with Crippen molar-refractivity contribution in [1.82, 2.24) is 14.2 Å². The first-order valence-corrected chi connectivity index (χ1v) is 12.0. The summed E-state index contributed by atoms with van der Waals surface area (Å²) in [6.45, 7) is 7.24. The molecule has 1 saturated heterocycles. The fraction of sp³-hybridized carbons (Fsp3) is 0.318. The standard InChI is InChI=1S/C22H25N3O2S2/c1-17-7-9-20(10-8-17)29(26,27)25-13-11-24(12-14-25)15-19-16-28-22(23-19)21-6-4-3-5-18(21)2/h3-10,16H,11-15H2,1-2H3. The summed E-state index contributed by atoms with van der Waals surface area (Å²) in [6, 6.07) is 15.4. The number of benzene rings is 2. The highest BCUT2D eigenvalue weighted by Crippen LogP contribution is 2.27. The van der Waals surface area contributed by atoms with Gasteiger partial charge in [0.2, 0.25) is 10.0 Å². The van der Waals surface area contributed by atoms with Gasteiger partial charge in [0.25, 0.3) is 0 Å². The van der Waals surface area contributed by atoms with E-state index in [4.69, 9.17) is 4.98 Å². The number of aryl methyl sites for hydroxylation is 2. The number of piperazine rings is 1. The van der Waals surface area contributed by atoms with E-state index in [-0.39, 0.29) is 0 Å². The van der Waals surface area contributed by atoms with Gasteiger partial charge in [0.1, 0.15) is 5.01 Å². The second kappa shape index (κ2) is 8.36. The fourth-order valence-electron chi connectivity index (χ4n) is 3.53. The van der Waals surface area contributed by atoms with E-state index >= 15 is 0 Å². The molecule has 1 aliphatic heterocycles. The molecule has 0 spiro atoms. The lowest BCUT2D eigenvalue weighted by atomic mass is 10.1. The van der Waals surface area contributed by atoms with Crippen LogP contribution in [-0.2, 0) is 16.6 Å². The van der Waals surface area contributed by atoms with Gasteiger partial charge in [-0.2, -0.15) is 4.31 Å². The largest absolute Gasteiger partial charge is 0.295 e. The first kappa shape index (κ1) is 20.2. The first-order chi connectivity index (χ1) is 13.9. The van der Waals surface area contributed by atoms with Crippen LogP contribution in [0.4, 0.5) is 0 Å². The molecule has 0 N–H and O–H groups in total. The van der Waals surface area contributed by atoms with Crippen LogP contribution in [-0.4, -0.2) is 48.8 Å². The predicted octanol–water partition coefficient (Wildman–Crippen LogP) is 3.93. The average molecular weight is 428 g/mol. The van der Waals surface area contributed by atoms with Gasteiger partial charge >= 0.3 is 0 Å². The Morgan fingerprint density at radius 1 is 0.966 bits per heavy atom. The zero-order chi connectivity index (χ0) is 20.4. The van der Waals surface area contributed by atoms with E-state index in [1.165, 1.54) is 11.1 Å². The molecule has 152 valence electrons. The van der Waals surface area contributed by atoms with Crippen molar-refractivity contribution in [3.05, 3.63) is 70.7 Å². The van der Waals surface area contributed by atoms with Crippen LogP contribution >= 0.6 is 11.3 Å². The van der Waals surface area contributed by atoms with Crippen LogP contribution in [0.25, 0.3) is 10.6 Å². The molecular formula is C22H25N3O2S2. The minimum absolute atomic E-state index is 0.374. The number of thiazole rings is 1. The summed E-state index contributed by atoms with van der Waals surface area (Å²) < 4.78 is 27.3. The van der Waals surface area contributed by atoms with Gasteiger partial charge in [-0.3, -0.25) is 4.90 Å². The summed E-state index contributed by atoms with van der Waals surface area (Å²) in [6.07, 6.45) is 0. The normalized spacial score (nSPS) is 16.2. The lowest BCUT2D eigenvalue weighted by molar-refractivity contribution is 0.180. The summed E-state index contributed by atoms with van der Waals surface area (Å²) in [4.78, 5) is 7.45. The van der Waals surface area contributed by atoms with Crippen molar-refractivity contribution in [2.24, 2.45) is 0 Å². The number of aromatic nitrogens is 1. The Bertz CT molecular complexity index is 1080. The quantitative estimate of drug-likeness (QED) is 0.619. The third kappa shape index (κ3) is 4.43. The highest BCUT2D eigenvalue weighted by atomic mass is 32.2. The molecule has 0 saturated carbocycles. The highest BCUT2D eigenvalue weighted by Gasteiger charge is 2.28. The minimum Gasteiger partial charge on any atom is -0.295 e. The van der Waals surface area contributed by atoms with Crippen LogP contribution in [0.3, 0.4) is 0 Å². The SMILES string of the molecule is Cc1ccc(S(=O)(=O)N2CCN(Cc3csc(-c4ccccc4C)n3)CC2)cc1. The van der Waals surface area contributed by atoms with Gasteiger partial charge in [-0.25, -0.2) is 13.4 Å². The molecule has 2 heterocycles. The number of sulfonamides is 1. The lowest BCUT2D eigenvalue weighted by Crippen LogP contribution is -2.48. The number of rotatable bonds is 5. The summed E-state index contributed by atoms with van der Waals surface area (Å²) in [7, 11) is -3.42. The molecule has 7 heteroatoms. The molecule has 1 aliphatic rings. The smallest absolute Gasteiger partial charge is 0.243 e. The van der Waals surface area contributed by atoms with Crippen molar-refractivity contribution in [2.45, 2.75) is 25.3 Å². The van der Waals surface area contributed by atoms with E-state index in [9.17, 15) is 8.42 Å². The molecule has 0 atom stereocenters. The third-order valence-corrected chi connectivity index (χ3v) is 8.14. The van der Waals surface area contributed by atoms with Crippen LogP contribution in [0, 0.1) is 13.8 Å². The van der Waals surface area contributed by atoms with Crippen LogP contribution in [0.15, 0.2) is 58.8 Å². The molecule has 5 nitrogen and oxygen atoms in total. The molecular weight excluding hydrogens is 402 g/mol. The van der Waals surface area contributed by atoms with Crippen molar-refractivity contribution in [2.75, 3.05) is 26.2 Å². The van der Waals surface area contributed by atoms with E-state index in [1.807, 2.05) is 31.2 Å². The number of hydrogen-bond acceptors (Lipinski definition) is 5. The van der Waals surface area contributed by atoms with Gasteiger partial charge in [0, 0.05) is 43.7 Å². The van der Waals surface area contributed by atoms with E-state index in [2.05, 4.69) is 29.3 Å². The van der Waals surface area contributed by atoms with Gasteiger partial charge in [-0.05, 0) is 31.5 Å². The molecule has 1 fully saturated rings. The molecule has 2 aromatic carbocycles. The maximum atomic E-state index is 12.9. The zero-order valence-electron chi connectivity index (χ0n) is 16.7. The minimum atomic E-state index is -3.42. The molecule has 4 rings (SSSR count). The van der Waals surface area contributed by atoms with Gasteiger partial charge < -0.3 is 0 Å². The van der Waals surface area contributed by atoms with E-state index in [0.29, 0.717) is 31.1 Å². The summed E-state index contributed by atoms with van der Waals surface area (Å²) in [5.41, 5.74) is 4.51. The molecule has 0 radical (unpaired) electrons. The summed E-state index contributed by atoms with van der Waals surface area (Å²) in [5.74, 6) is 0. The van der Waals surface area contributed by atoms with E-state index in [0.717, 1.165) is 22.8 Å². The van der Waals surface area contributed by atoms with Crippen molar-refractivity contribution in [3.63, 3.8) is 0 Å². The molecule has 0 unspecified atom stereocenters. The Balaban J connectivity index is 1.38. The second-order valence-electron chi connectivity index (χ2n) is 7.45. The topological polar surface area (TPSA) is 53.5 Å². The highest BCUT2D eigenvalue weighted by molar-refractivity contribution is 7.89. The monoisotopic (exact) mass is 427 g/mol. The van der Waals surface area contributed by atoms with Crippen LogP contribution in [0.1, 0.15) is 16.8 Å². The second-order valence-corrected chi connectivity index (χ2v) is 10.2. The maximum Gasteiger partial charge on any atom is 0.243 e. The van der Waals surface area contributed by atoms with Gasteiger partial charge in [0.15, 0.2) is 0 Å². The predicted molar refractivity (Wildman–Crippen MR) is 118 cm³/mol. The van der Waals surface area contributed by atoms with Crippen LogP contribution in [0.2, 0.25) is 0 Å². The molecule has 0 aliphatic carbocycles.